The fraction of sp³-hybridized carbons (Fsp3) is 0.300. The quantitative estimate of drug-likeness (QED) is 0.296. The lowest BCUT2D eigenvalue weighted by atomic mass is 10.1. The first kappa shape index (κ1) is 17.0. The number of esters is 1. The highest BCUT2D eigenvalue weighted by Gasteiger charge is 2.22. The zero-order valence-electron chi connectivity index (χ0n) is 14.3. The largest absolute Gasteiger partial charge is 0.507 e. The van der Waals surface area contributed by atoms with Gasteiger partial charge in [0.1, 0.15) is 5.75 Å². The molecule has 0 aliphatic heterocycles. The van der Waals surface area contributed by atoms with E-state index in [1.807, 2.05) is 0 Å². The number of unbranched alkanes of at least 4 members (excludes halogenated alkanes) is 2. The predicted octanol–water partition coefficient (Wildman–Crippen LogP) is 4.98. The lowest BCUT2D eigenvalue weighted by Crippen LogP contribution is -2.08. The summed E-state index contributed by atoms with van der Waals surface area (Å²) in [7, 11) is 0. The van der Waals surface area contributed by atoms with E-state index in [0.717, 1.165) is 19.3 Å². The minimum atomic E-state index is -0.355. The van der Waals surface area contributed by atoms with Crippen molar-refractivity contribution in [3.63, 3.8) is 0 Å². The first-order chi connectivity index (χ1) is 12.0. The van der Waals surface area contributed by atoms with Crippen molar-refractivity contribution in [1.29, 1.82) is 0 Å². The van der Waals surface area contributed by atoms with E-state index in [1.54, 1.807) is 24.3 Å². The van der Waals surface area contributed by atoms with E-state index in [4.69, 9.17) is 9.15 Å². The van der Waals surface area contributed by atoms with E-state index >= 15 is 0 Å². The third-order valence-electron chi connectivity index (χ3n) is 4.17. The van der Waals surface area contributed by atoms with Crippen LogP contribution in [0.25, 0.3) is 21.7 Å². The number of hydrogen-bond acceptors (Lipinski definition) is 5. The van der Waals surface area contributed by atoms with Crippen LogP contribution in [0.3, 0.4) is 0 Å². The Morgan fingerprint density at radius 2 is 1.84 bits per heavy atom. The molecule has 1 heterocycles. The summed E-state index contributed by atoms with van der Waals surface area (Å²) in [6, 6.07) is 8.54. The Kier molecular flexibility index (Phi) is 4.74. The number of carbonyl (C=O) groups is 2. The summed E-state index contributed by atoms with van der Waals surface area (Å²) in [5.41, 5.74) is 0.213. The van der Waals surface area contributed by atoms with Gasteiger partial charge in [-0.1, -0.05) is 44.0 Å². The number of Topliss-reactive ketones (excluding diaryl/α,β-unsaturated/α-hetero) is 1. The predicted molar refractivity (Wildman–Crippen MR) is 95.2 cm³/mol. The normalized spacial score (nSPS) is 11.1. The van der Waals surface area contributed by atoms with Crippen LogP contribution >= 0.6 is 0 Å². The summed E-state index contributed by atoms with van der Waals surface area (Å²) in [4.78, 5) is 23.9. The zero-order chi connectivity index (χ0) is 18.0. The molecule has 0 aliphatic rings. The lowest BCUT2D eigenvalue weighted by Gasteiger charge is -2.10. The van der Waals surface area contributed by atoms with Gasteiger partial charge >= 0.3 is 5.97 Å². The highest BCUT2D eigenvalue weighted by molar-refractivity contribution is 6.11. The summed E-state index contributed by atoms with van der Waals surface area (Å²) < 4.78 is 11.2. The Hall–Kier alpha value is -2.82. The molecule has 0 saturated carbocycles. The average molecular weight is 340 g/mol. The Morgan fingerprint density at radius 3 is 2.52 bits per heavy atom. The fourth-order valence-corrected chi connectivity index (χ4v) is 2.85. The third kappa shape index (κ3) is 3.22. The molecular weight excluding hydrogens is 320 g/mol. The first-order valence-corrected chi connectivity index (χ1v) is 8.41. The van der Waals surface area contributed by atoms with E-state index in [1.165, 1.54) is 13.0 Å². The number of carbonyl (C=O) groups excluding carboxylic acids is 2. The molecule has 0 unspecified atom stereocenters. The lowest BCUT2D eigenvalue weighted by molar-refractivity contribution is -0.134. The second-order valence-corrected chi connectivity index (χ2v) is 6.06. The first-order valence-electron chi connectivity index (χ1n) is 8.41. The Balaban J connectivity index is 2.14. The molecule has 25 heavy (non-hydrogen) atoms. The smallest absolute Gasteiger partial charge is 0.311 e. The monoisotopic (exact) mass is 340 g/mol. The van der Waals surface area contributed by atoms with Crippen molar-refractivity contribution in [2.24, 2.45) is 0 Å². The topological polar surface area (TPSA) is 76.7 Å². The van der Waals surface area contributed by atoms with Crippen LogP contribution < -0.4 is 4.74 Å². The van der Waals surface area contributed by atoms with Crippen LogP contribution in [0.5, 0.6) is 11.5 Å². The van der Waals surface area contributed by atoms with Crippen LogP contribution in [0.2, 0.25) is 0 Å². The second-order valence-electron chi connectivity index (χ2n) is 6.06. The Bertz CT molecular complexity index is 952. The van der Waals surface area contributed by atoms with Crippen molar-refractivity contribution < 1.29 is 23.8 Å². The van der Waals surface area contributed by atoms with Crippen LogP contribution in [-0.4, -0.2) is 16.9 Å². The van der Waals surface area contributed by atoms with Crippen molar-refractivity contribution in [3.05, 3.63) is 36.1 Å². The molecule has 130 valence electrons. The number of ketones is 1. The number of fused-ring (bicyclic) bond motifs is 2. The van der Waals surface area contributed by atoms with Gasteiger partial charge < -0.3 is 14.3 Å². The van der Waals surface area contributed by atoms with Crippen LogP contribution in [0.1, 0.15) is 50.1 Å². The van der Waals surface area contributed by atoms with Gasteiger partial charge in [0.2, 0.25) is 0 Å². The van der Waals surface area contributed by atoms with Crippen LogP contribution in [0.4, 0.5) is 0 Å². The standard InChI is InChI=1S/C20H20O5/c1-3-4-5-10-17(22)25-19-14-9-7-6-8-13(14)18(23)15-11-16(12(2)21)24-20(15)19/h6-9,11,23H,3-5,10H2,1-2H3. The maximum Gasteiger partial charge on any atom is 0.311 e. The zero-order valence-corrected chi connectivity index (χ0v) is 14.3. The molecular formula is C20H20O5. The van der Waals surface area contributed by atoms with Crippen LogP contribution in [-0.2, 0) is 4.79 Å². The maximum atomic E-state index is 12.2. The molecule has 0 fully saturated rings. The van der Waals surface area contributed by atoms with E-state index in [9.17, 15) is 14.7 Å². The molecule has 0 amide bonds. The summed E-state index contributed by atoms with van der Waals surface area (Å²) in [6.45, 7) is 3.44. The molecule has 3 aromatic rings. The maximum absolute atomic E-state index is 12.2. The van der Waals surface area contributed by atoms with Crippen molar-refractivity contribution in [1.82, 2.24) is 0 Å². The molecule has 2 aromatic carbocycles. The van der Waals surface area contributed by atoms with Gasteiger partial charge in [-0.15, -0.1) is 0 Å². The van der Waals surface area contributed by atoms with Gasteiger partial charge in [-0.05, 0) is 12.5 Å². The van der Waals surface area contributed by atoms with Gasteiger partial charge in [0.05, 0.1) is 5.39 Å². The number of benzene rings is 2. The molecule has 5 heteroatoms. The number of phenolic OH excluding ortho intramolecular Hbond substituents is 1. The molecule has 0 saturated heterocycles. The van der Waals surface area contributed by atoms with E-state index in [0.29, 0.717) is 22.6 Å². The summed E-state index contributed by atoms with van der Waals surface area (Å²) in [5, 5.41) is 12.0. The van der Waals surface area contributed by atoms with Crippen LogP contribution in [0.15, 0.2) is 34.7 Å². The van der Waals surface area contributed by atoms with Crippen molar-refractivity contribution >= 4 is 33.5 Å². The van der Waals surface area contributed by atoms with E-state index < -0.39 is 0 Å². The summed E-state index contributed by atoms with van der Waals surface area (Å²) in [5.74, 6) is -0.250. The fourth-order valence-electron chi connectivity index (χ4n) is 2.85. The minimum absolute atomic E-state index is 0.00707. The highest BCUT2D eigenvalue weighted by atomic mass is 16.5. The number of aromatic hydroxyl groups is 1. The van der Waals surface area contributed by atoms with E-state index in [-0.39, 0.29) is 34.6 Å². The van der Waals surface area contributed by atoms with Gasteiger partial charge in [-0.3, -0.25) is 9.59 Å². The number of furan rings is 1. The molecule has 0 spiro atoms. The number of ether oxygens (including phenoxy) is 1. The third-order valence-corrected chi connectivity index (χ3v) is 4.17. The molecule has 0 bridgehead atoms. The number of hydrogen-bond donors (Lipinski definition) is 1. The highest BCUT2D eigenvalue weighted by Crippen LogP contribution is 2.43. The van der Waals surface area contributed by atoms with Gasteiger partial charge in [0, 0.05) is 24.1 Å². The Morgan fingerprint density at radius 1 is 1.12 bits per heavy atom. The molecule has 0 radical (unpaired) electrons. The van der Waals surface area contributed by atoms with Gasteiger partial charge in [-0.2, -0.15) is 0 Å². The van der Waals surface area contributed by atoms with Crippen LogP contribution in [0, 0.1) is 0 Å². The molecule has 1 aromatic heterocycles. The molecule has 5 nitrogen and oxygen atoms in total. The molecule has 1 N–H and O–H groups in total. The van der Waals surface area contributed by atoms with Gasteiger partial charge in [0.25, 0.3) is 0 Å². The SMILES string of the molecule is CCCCCC(=O)Oc1c2ccccc2c(O)c2cc(C(C)=O)oc12. The van der Waals surface area contributed by atoms with Crippen molar-refractivity contribution in [3.8, 4) is 11.5 Å². The summed E-state index contributed by atoms with van der Waals surface area (Å²) >= 11 is 0. The van der Waals surface area contributed by atoms with E-state index in [2.05, 4.69) is 6.92 Å². The number of rotatable bonds is 6. The van der Waals surface area contributed by atoms with Gasteiger partial charge in [0.15, 0.2) is 22.9 Å². The molecule has 3 rings (SSSR count). The molecule has 0 aliphatic carbocycles. The average Bonchev–Trinajstić information content (AvgIpc) is 3.05. The van der Waals surface area contributed by atoms with Crippen molar-refractivity contribution in [2.45, 2.75) is 39.5 Å². The summed E-state index contributed by atoms with van der Waals surface area (Å²) in [6.07, 6.45) is 3.03. The Labute approximate surface area is 145 Å². The second kappa shape index (κ2) is 6.97. The van der Waals surface area contributed by atoms with Crippen molar-refractivity contribution in [2.75, 3.05) is 0 Å². The van der Waals surface area contributed by atoms with Gasteiger partial charge in [-0.25, -0.2) is 0 Å². The minimum Gasteiger partial charge on any atom is -0.507 e. The number of phenols is 1. The molecule has 0 atom stereocenters.